The summed E-state index contributed by atoms with van der Waals surface area (Å²) in [4.78, 5) is 24.0. The number of amides is 2. The minimum absolute atomic E-state index is 0.0258. The number of rotatable bonds is 8. The lowest BCUT2D eigenvalue weighted by Gasteiger charge is -2.19. The highest BCUT2D eigenvalue weighted by Gasteiger charge is 2.10. The molecule has 32 heavy (non-hydrogen) atoms. The summed E-state index contributed by atoms with van der Waals surface area (Å²) in [5.41, 5.74) is 3.91. The molecule has 0 radical (unpaired) electrons. The molecule has 6 heteroatoms. The third-order valence-corrected chi connectivity index (χ3v) is 4.84. The van der Waals surface area contributed by atoms with Gasteiger partial charge in [0, 0.05) is 25.4 Å². The van der Waals surface area contributed by atoms with Crippen LogP contribution in [0.1, 0.15) is 43.0 Å². The van der Waals surface area contributed by atoms with Gasteiger partial charge in [0.1, 0.15) is 0 Å². The molecule has 0 aliphatic rings. The molecule has 2 N–H and O–H groups in total. The zero-order valence-electron chi connectivity index (χ0n) is 18.9. The van der Waals surface area contributed by atoms with Crippen molar-refractivity contribution in [3.8, 4) is 0 Å². The van der Waals surface area contributed by atoms with Crippen LogP contribution in [0, 0.1) is 0 Å². The summed E-state index contributed by atoms with van der Waals surface area (Å²) < 4.78 is 7.47. The van der Waals surface area contributed by atoms with Crippen LogP contribution >= 0.6 is 0 Å². The molecule has 6 nitrogen and oxygen atoms in total. The summed E-state index contributed by atoms with van der Waals surface area (Å²) in [5.74, 6) is 0. The zero-order chi connectivity index (χ0) is 23.0. The van der Waals surface area contributed by atoms with Crippen LogP contribution in [0.15, 0.2) is 77.7 Å². The summed E-state index contributed by atoms with van der Waals surface area (Å²) in [7, 11) is 0. The highest BCUT2D eigenvalue weighted by molar-refractivity contribution is 5.73. The van der Waals surface area contributed by atoms with E-state index in [9.17, 15) is 9.59 Å². The predicted molar refractivity (Wildman–Crippen MR) is 126 cm³/mol. The van der Waals surface area contributed by atoms with Crippen LogP contribution in [0.3, 0.4) is 0 Å². The molecule has 1 heterocycles. The molecule has 0 unspecified atom stereocenters. The Hall–Kier alpha value is -3.38. The van der Waals surface area contributed by atoms with Gasteiger partial charge < -0.3 is 19.9 Å². The van der Waals surface area contributed by atoms with E-state index in [0.29, 0.717) is 26.2 Å². The van der Waals surface area contributed by atoms with E-state index in [1.54, 1.807) is 22.9 Å². The molecule has 3 rings (SSSR count). The Bertz CT molecular complexity index is 1080. The van der Waals surface area contributed by atoms with E-state index in [2.05, 4.69) is 10.6 Å². The maximum absolute atomic E-state index is 12.2. The van der Waals surface area contributed by atoms with Crippen molar-refractivity contribution in [2.75, 3.05) is 0 Å². The first-order chi connectivity index (χ1) is 15.3. The Balaban J connectivity index is 1.44. The lowest BCUT2D eigenvalue weighted by molar-refractivity contribution is -0.0149. The van der Waals surface area contributed by atoms with Crippen molar-refractivity contribution in [3.05, 3.63) is 106 Å². The van der Waals surface area contributed by atoms with Gasteiger partial charge in [-0.3, -0.25) is 4.79 Å². The highest BCUT2D eigenvalue weighted by atomic mass is 16.5. The molecule has 0 fully saturated rings. The van der Waals surface area contributed by atoms with E-state index in [4.69, 9.17) is 4.74 Å². The zero-order valence-corrected chi connectivity index (χ0v) is 18.9. The number of nitrogens with zero attached hydrogens (tertiary/aromatic N) is 1. The summed E-state index contributed by atoms with van der Waals surface area (Å²) in [5, 5.41) is 5.77. The first-order valence-electron chi connectivity index (χ1n) is 10.8. The Labute approximate surface area is 189 Å². The van der Waals surface area contributed by atoms with E-state index in [0.717, 1.165) is 22.3 Å². The number of hydrogen-bond acceptors (Lipinski definition) is 3. The molecule has 0 aliphatic carbocycles. The second kappa shape index (κ2) is 10.8. The van der Waals surface area contributed by atoms with E-state index in [1.807, 2.05) is 75.4 Å². The normalized spacial score (nSPS) is 11.2. The lowest BCUT2D eigenvalue weighted by Crippen LogP contribution is -2.34. The standard InChI is InChI=1S/C26H31N3O3/c1-26(2,3)32-19-23-8-6-7-22(15-23)17-28-25(31)27-16-20-10-12-21(13-11-20)18-29-14-5-4-9-24(29)30/h4-15H,16-19H2,1-3H3,(H2,27,28,31). The maximum Gasteiger partial charge on any atom is 0.315 e. The molecule has 0 saturated carbocycles. The molecule has 2 aromatic carbocycles. The molecular formula is C26H31N3O3. The Kier molecular flexibility index (Phi) is 7.84. The van der Waals surface area contributed by atoms with Gasteiger partial charge in [0.15, 0.2) is 0 Å². The number of urea groups is 1. The van der Waals surface area contributed by atoms with Crippen LogP contribution in [0.2, 0.25) is 0 Å². The second-order valence-corrected chi connectivity index (χ2v) is 8.74. The van der Waals surface area contributed by atoms with Gasteiger partial charge in [-0.15, -0.1) is 0 Å². The maximum atomic E-state index is 12.2. The van der Waals surface area contributed by atoms with Gasteiger partial charge in [-0.2, -0.15) is 0 Å². The fourth-order valence-electron chi connectivity index (χ4n) is 3.11. The molecule has 0 saturated heterocycles. The largest absolute Gasteiger partial charge is 0.371 e. The monoisotopic (exact) mass is 433 g/mol. The van der Waals surface area contributed by atoms with Crippen LogP contribution in [-0.2, 0) is 31.0 Å². The molecule has 0 atom stereocenters. The molecule has 0 bridgehead atoms. The smallest absolute Gasteiger partial charge is 0.315 e. The summed E-state index contributed by atoms with van der Waals surface area (Å²) >= 11 is 0. The van der Waals surface area contributed by atoms with Crippen molar-refractivity contribution in [3.63, 3.8) is 0 Å². The quantitative estimate of drug-likeness (QED) is 0.559. The summed E-state index contributed by atoms with van der Waals surface area (Å²) in [6.07, 6.45) is 1.77. The minimum Gasteiger partial charge on any atom is -0.371 e. The lowest BCUT2D eigenvalue weighted by atomic mass is 10.1. The summed E-state index contributed by atoms with van der Waals surface area (Å²) in [6.45, 7) is 8.02. The second-order valence-electron chi connectivity index (χ2n) is 8.74. The predicted octanol–water partition coefficient (Wildman–Crippen LogP) is 4.21. The van der Waals surface area contributed by atoms with Gasteiger partial charge in [-0.05, 0) is 49.1 Å². The van der Waals surface area contributed by atoms with Crippen LogP contribution < -0.4 is 16.2 Å². The molecule has 168 valence electrons. The van der Waals surface area contributed by atoms with Crippen LogP contribution in [0.5, 0.6) is 0 Å². The number of aromatic nitrogens is 1. The number of ether oxygens (including phenoxy) is 1. The van der Waals surface area contributed by atoms with Gasteiger partial charge in [0.2, 0.25) is 0 Å². The van der Waals surface area contributed by atoms with E-state index >= 15 is 0 Å². The SMILES string of the molecule is CC(C)(C)OCc1cccc(CNC(=O)NCc2ccc(Cn3ccccc3=O)cc2)c1. The van der Waals surface area contributed by atoms with Crippen LogP contribution in [0.25, 0.3) is 0 Å². The Morgan fingerprint density at radius 2 is 1.50 bits per heavy atom. The summed E-state index contributed by atoms with van der Waals surface area (Å²) in [6, 6.07) is 20.8. The van der Waals surface area contributed by atoms with Crippen molar-refractivity contribution in [1.82, 2.24) is 15.2 Å². The fraction of sp³-hybridized carbons (Fsp3) is 0.308. The van der Waals surface area contributed by atoms with Crippen molar-refractivity contribution < 1.29 is 9.53 Å². The minimum atomic E-state index is -0.221. The molecule has 3 aromatic rings. The topological polar surface area (TPSA) is 72.4 Å². The Morgan fingerprint density at radius 1 is 0.844 bits per heavy atom. The van der Waals surface area contributed by atoms with E-state index < -0.39 is 0 Å². The molecule has 2 amide bonds. The molecule has 0 aliphatic heterocycles. The first-order valence-corrected chi connectivity index (χ1v) is 10.8. The van der Waals surface area contributed by atoms with Crippen molar-refractivity contribution in [2.24, 2.45) is 0 Å². The number of nitrogens with one attached hydrogen (secondary N) is 2. The van der Waals surface area contributed by atoms with Crippen molar-refractivity contribution >= 4 is 6.03 Å². The van der Waals surface area contributed by atoms with Gasteiger partial charge in [0.25, 0.3) is 5.56 Å². The van der Waals surface area contributed by atoms with Gasteiger partial charge in [0.05, 0.1) is 18.8 Å². The highest BCUT2D eigenvalue weighted by Crippen LogP contribution is 2.13. The van der Waals surface area contributed by atoms with E-state index in [1.165, 1.54) is 0 Å². The van der Waals surface area contributed by atoms with Gasteiger partial charge >= 0.3 is 6.03 Å². The fourth-order valence-corrected chi connectivity index (χ4v) is 3.11. The van der Waals surface area contributed by atoms with Crippen LogP contribution in [0.4, 0.5) is 4.79 Å². The third-order valence-electron chi connectivity index (χ3n) is 4.84. The number of carbonyl (C=O) groups excluding carboxylic acids is 1. The average molecular weight is 434 g/mol. The third kappa shape index (κ3) is 7.71. The van der Waals surface area contributed by atoms with E-state index in [-0.39, 0.29) is 17.2 Å². The number of pyridine rings is 1. The van der Waals surface area contributed by atoms with Crippen molar-refractivity contribution in [1.29, 1.82) is 0 Å². The molecular weight excluding hydrogens is 402 g/mol. The van der Waals surface area contributed by atoms with Gasteiger partial charge in [-0.25, -0.2) is 4.79 Å². The van der Waals surface area contributed by atoms with Crippen molar-refractivity contribution in [2.45, 2.75) is 52.6 Å². The average Bonchev–Trinajstić information content (AvgIpc) is 2.77. The van der Waals surface area contributed by atoms with Gasteiger partial charge in [-0.1, -0.05) is 54.6 Å². The number of benzene rings is 2. The van der Waals surface area contributed by atoms with Crippen LogP contribution in [-0.4, -0.2) is 16.2 Å². The number of carbonyl (C=O) groups is 1. The molecule has 0 spiro atoms. The Morgan fingerprint density at radius 3 is 2.19 bits per heavy atom. The molecule has 1 aromatic heterocycles. The number of hydrogen-bond donors (Lipinski definition) is 2. The first kappa shape index (κ1) is 23.3.